The molecule has 7 heteroatoms. The van der Waals surface area contributed by atoms with Crippen LogP contribution >= 0.6 is 0 Å². The van der Waals surface area contributed by atoms with Crippen molar-refractivity contribution in [2.75, 3.05) is 46.2 Å². The summed E-state index contributed by atoms with van der Waals surface area (Å²) in [6.07, 6.45) is 2.25. The van der Waals surface area contributed by atoms with Crippen molar-refractivity contribution >= 4 is 10.0 Å². The third-order valence-corrected chi connectivity index (χ3v) is 6.12. The van der Waals surface area contributed by atoms with E-state index >= 15 is 0 Å². The van der Waals surface area contributed by atoms with Gasteiger partial charge in [0.25, 0.3) is 0 Å². The lowest BCUT2D eigenvalue weighted by atomic mass is 9.95. The van der Waals surface area contributed by atoms with Crippen molar-refractivity contribution < 1.29 is 17.9 Å². The second-order valence-electron chi connectivity index (χ2n) is 6.64. The van der Waals surface area contributed by atoms with Crippen LogP contribution in [0.1, 0.15) is 31.4 Å². The van der Waals surface area contributed by atoms with Gasteiger partial charge in [0.15, 0.2) is 0 Å². The molecule has 0 spiro atoms. The zero-order valence-electron chi connectivity index (χ0n) is 15.4. The van der Waals surface area contributed by atoms with Gasteiger partial charge in [0, 0.05) is 19.2 Å². The van der Waals surface area contributed by atoms with E-state index in [1.54, 1.807) is 7.11 Å². The van der Waals surface area contributed by atoms with Gasteiger partial charge in [-0.1, -0.05) is 25.1 Å². The smallest absolute Gasteiger partial charge is 0.213 e. The maximum absolute atomic E-state index is 12.2. The number of nitrogens with one attached hydrogen (secondary N) is 1. The summed E-state index contributed by atoms with van der Waals surface area (Å²) in [5.74, 6) is 1.48. The minimum atomic E-state index is -3.36. The molecule has 142 valence electrons. The fourth-order valence-corrected chi connectivity index (χ4v) is 4.13. The second-order valence-corrected chi connectivity index (χ2v) is 8.56. The Labute approximate surface area is 151 Å². The van der Waals surface area contributed by atoms with Crippen LogP contribution in [0.4, 0.5) is 0 Å². The first-order chi connectivity index (χ1) is 12.0. The van der Waals surface area contributed by atoms with Crippen molar-refractivity contribution in [3.63, 3.8) is 0 Å². The van der Waals surface area contributed by atoms with Crippen molar-refractivity contribution in [2.45, 2.75) is 25.8 Å². The van der Waals surface area contributed by atoms with E-state index in [0.717, 1.165) is 37.2 Å². The highest BCUT2D eigenvalue weighted by Gasteiger charge is 2.27. The Morgan fingerprint density at radius 1 is 1.24 bits per heavy atom. The molecule has 1 atom stereocenters. The molecular formula is C18H30N2O4S. The van der Waals surface area contributed by atoms with Crippen LogP contribution in [0.15, 0.2) is 24.3 Å². The number of ether oxygens (including phenoxy) is 2. The van der Waals surface area contributed by atoms with E-state index in [2.05, 4.69) is 16.5 Å². The number of hydrogen-bond donors (Lipinski definition) is 1. The number of methoxy groups -OCH3 is 2. The van der Waals surface area contributed by atoms with Gasteiger partial charge in [-0.15, -0.1) is 0 Å². The molecule has 1 aliphatic rings. The number of hydrogen-bond acceptors (Lipinski definition) is 5. The molecule has 1 saturated heterocycles. The Morgan fingerprint density at radius 3 is 2.56 bits per heavy atom. The van der Waals surface area contributed by atoms with Crippen LogP contribution in [0.3, 0.4) is 0 Å². The largest absolute Gasteiger partial charge is 0.496 e. The van der Waals surface area contributed by atoms with Crippen molar-refractivity contribution in [1.29, 1.82) is 0 Å². The summed E-state index contributed by atoms with van der Waals surface area (Å²) < 4.78 is 37.5. The number of rotatable bonds is 9. The van der Waals surface area contributed by atoms with E-state index in [1.807, 2.05) is 24.3 Å². The van der Waals surface area contributed by atoms with Gasteiger partial charge in [-0.3, -0.25) is 4.90 Å². The van der Waals surface area contributed by atoms with E-state index in [4.69, 9.17) is 9.47 Å². The molecule has 6 nitrogen and oxygen atoms in total. The average molecular weight is 371 g/mol. The SMILES string of the molecule is COCCS(=O)(=O)NCC(c1ccccc1OC)N1CCC(C)CC1. The summed E-state index contributed by atoms with van der Waals surface area (Å²) in [6, 6.07) is 7.80. The summed E-state index contributed by atoms with van der Waals surface area (Å²) in [4.78, 5) is 2.36. The number of nitrogens with zero attached hydrogens (tertiary/aromatic N) is 1. The maximum atomic E-state index is 12.2. The van der Waals surface area contributed by atoms with Gasteiger partial charge in [-0.05, 0) is 37.9 Å². The van der Waals surface area contributed by atoms with Crippen LogP contribution < -0.4 is 9.46 Å². The topological polar surface area (TPSA) is 67.9 Å². The first kappa shape index (κ1) is 20.2. The molecule has 0 saturated carbocycles. The minimum absolute atomic E-state index is 0.0286. The molecule has 1 N–H and O–H groups in total. The molecule has 1 aromatic rings. The molecule has 0 bridgehead atoms. The number of piperidine rings is 1. The number of sulfonamides is 1. The van der Waals surface area contributed by atoms with Crippen LogP contribution in [0.5, 0.6) is 5.75 Å². The highest BCUT2D eigenvalue weighted by Crippen LogP contribution is 2.32. The first-order valence-electron chi connectivity index (χ1n) is 8.80. The van der Waals surface area contributed by atoms with Crippen LogP contribution in [-0.4, -0.2) is 59.5 Å². The molecule has 1 heterocycles. The molecule has 1 aromatic carbocycles. The lowest BCUT2D eigenvalue weighted by Gasteiger charge is -2.37. The van der Waals surface area contributed by atoms with Crippen LogP contribution in [0.2, 0.25) is 0 Å². The maximum Gasteiger partial charge on any atom is 0.213 e. The molecule has 0 radical (unpaired) electrons. The van der Waals surface area contributed by atoms with Gasteiger partial charge < -0.3 is 9.47 Å². The summed E-state index contributed by atoms with van der Waals surface area (Å²) in [5.41, 5.74) is 1.02. The Bertz CT molecular complexity index is 628. The third kappa shape index (κ3) is 5.95. The third-order valence-electron chi connectivity index (χ3n) is 4.81. The Balaban J connectivity index is 2.17. The van der Waals surface area contributed by atoms with E-state index < -0.39 is 10.0 Å². The zero-order chi connectivity index (χ0) is 18.3. The quantitative estimate of drug-likeness (QED) is 0.720. The molecule has 2 rings (SSSR count). The predicted octanol–water partition coefficient (Wildman–Crippen LogP) is 2.03. The van der Waals surface area contributed by atoms with Crippen LogP contribution in [0, 0.1) is 5.92 Å². The van der Waals surface area contributed by atoms with Gasteiger partial charge in [-0.2, -0.15) is 0 Å². The van der Waals surface area contributed by atoms with Crippen molar-refractivity contribution in [1.82, 2.24) is 9.62 Å². The van der Waals surface area contributed by atoms with Crippen molar-refractivity contribution in [3.05, 3.63) is 29.8 Å². The summed E-state index contributed by atoms with van der Waals surface area (Å²) >= 11 is 0. The zero-order valence-corrected chi connectivity index (χ0v) is 16.2. The molecule has 25 heavy (non-hydrogen) atoms. The predicted molar refractivity (Wildman–Crippen MR) is 99.4 cm³/mol. The first-order valence-corrected chi connectivity index (χ1v) is 10.5. The molecule has 0 aliphatic carbocycles. The van der Waals surface area contributed by atoms with Gasteiger partial charge in [0.05, 0.1) is 25.5 Å². The number of benzene rings is 1. The van der Waals surface area contributed by atoms with Gasteiger partial charge in [0.1, 0.15) is 5.75 Å². The lowest BCUT2D eigenvalue weighted by molar-refractivity contribution is 0.137. The molecular weight excluding hydrogens is 340 g/mol. The summed E-state index contributed by atoms with van der Waals surface area (Å²) in [7, 11) is -0.207. The van der Waals surface area contributed by atoms with E-state index in [-0.39, 0.29) is 18.4 Å². The van der Waals surface area contributed by atoms with Crippen molar-refractivity contribution in [2.24, 2.45) is 5.92 Å². The molecule has 1 fully saturated rings. The van der Waals surface area contributed by atoms with Gasteiger partial charge >= 0.3 is 0 Å². The lowest BCUT2D eigenvalue weighted by Crippen LogP contribution is -2.42. The van der Waals surface area contributed by atoms with Crippen molar-refractivity contribution in [3.8, 4) is 5.75 Å². The standard InChI is InChI=1S/C18H30N2O4S/c1-15-8-10-20(11-9-15)17(14-19-25(21,22)13-12-23-2)16-6-4-5-7-18(16)24-3/h4-7,15,17,19H,8-14H2,1-3H3. The molecule has 0 amide bonds. The second kappa shape index (κ2) is 9.52. The van der Waals surface area contributed by atoms with Crippen LogP contribution in [0.25, 0.3) is 0 Å². The van der Waals surface area contributed by atoms with E-state index in [9.17, 15) is 8.42 Å². The van der Waals surface area contributed by atoms with E-state index in [1.165, 1.54) is 7.11 Å². The fourth-order valence-electron chi connectivity index (χ4n) is 3.19. The highest BCUT2D eigenvalue weighted by molar-refractivity contribution is 7.89. The highest BCUT2D eigenvalue weighted by atomic mass is 32.2. The van der Waals surface area contributed by atoms with Crippen LogP contribution in [-0.2, 0) is 14.8 Å². The number of para-hydroxylation sites is 1. The molecule has 1 aliphatic heterocycles. The number of likely N-dealkylation sites (tertiary alicyclic amines) is 1. The molecule has 1 unspecified atom stereocenters. The fraction of sp³-hybridized carbons (Fsp3) is 0.667. The summed E-state index contributed by atoms with van der Waals surface area (Å²) in [5, 5.41) is 0. The average Bonchev–Trinajstić information content (AvgIpc) is 2.62. The van der Waals surface area contributed by atoms with Gasteiger partial charge in [0.2, 0.25) is 10.0 Å². The Hall–Kier alpha value is -1.15. The van der Waals surface area contributed by atoms with E-state index in [0.29, 0.717) is 12.5 Å². The normalized spacial score (nSPS) is 18.2. The Kier molecular flexibility index (Phi) is 7.68. The minimum Gasteiger partial charge on any atom is -0.496 e. The monoisotopic (exact) mass is 370 g/mol. The summed E-state index contributed by atoms with van der Waals surface area (Å²) in [6.45, 7) is 4.72. The Morgan fingerprint density at radius 2 is 1.92 bits per heavy atom. The van der Waals surface area contributed by atoms with Gasteiger partial charge in [-0.25, -0.2) is 13.1 Å². The molecule has 0 aromatic heterocycles.